The summed E-state index contributed by atoms with van der Waals surface area (Å²) in [4.78, 5) is 17.8. The smallest absolute Gasteiger partial charge is 0.253 e. The van der Waals surface area contributed by atoms with Crippen LogP contribution in [0.15, 0.2) is 47.4 Å². The first-order valence-corrected chi connectivity index (χ1v) is 13.0. The highest BCUT2D eigenvalue weighted by molar-refractivity contribution is 7.89. The van der Waals surface area contributed by atoms with E-state index in [1.165, 1.54) is 20.2 Å². The van der Waals surface area contributed by atoms with Crippen LogP contribution in [0, 0.1) is 0 Å². The Morgan fingerprint density at radius 2 is 1.68 bits per heavy atom. The lowest BCUT2D eigenvalue weighted by atomic mass is 10.0. The van der Waals surface area contributed by atoms with E-state index in [-0.39, 0.29) is 16.8 Å². The number of hydrogen-bond acceptors (Lipinski definition) is 6. The van der Waals surface area contributed by atoms with E-state index in [9.17, 15) is 13.2 Å². The molecule has 34 heavy (non-hydrogen) atoms. The molecule has 1 aliphatic heterocycles. The summed E-state index contributed by atoms with van der Waals surface area (Å²) in [7, 11) is 4.87. The first kappa shape index (κ1) is 26.0. The van der Waals surface area contributed by atoms with Gasteiger partial charge in [0, 0.05) is 39.4 Å². The predicted octanol–water partition coefficient (Wildman–Crippen LogP) is 2.97. The number of sulfonamides is 1. The third-order valence-corrected chi connectivity index (χ3v) is 8.08. The van der Waals surface area contributed by atoms with Crippen LogP contribution in [0.1, 0.15) is 41.2 Å². The summed E-state index contributed by atoms with van der Waals surface area (Å²) in [5, 5.41) is 3.05. The van der Waals surface area contributed by atoms with Gasteiger partial charge in [-0.15, -0.1) is 0 Å². The highest BCUT2D eigenvalue weighted by Crippen LogP contribution is 2.28. The molecule has 2 aromatic carbocycles. The number of hydrogen-bond donors (Lipinski definition) is 1. The van der Waals surface area contributed by atoms with Gasteiger partial charge in [-0.2, -0.15) is 0 Å². The topological polar surface area (TPSA) is 82.2 Å². The number of anilines is 1. The maximum Gasteiger partial charge on any atom is 0.253 e. The fraction of sp³-hybridized carbons (Fsp3) is 0.480. The van der Waals surface area contributed by atoms with Crippen molar-refractivity contribution >= 4 is 21.6 Å². The standard InChI is InChI=1S/C25H36N4O4S/c1-27(2)24(19-9-11-20(33-5)12-10-19)18-26-25(30)22-17-21(34(31,32)28(3)4)13-14-23(22)29-15-7-6-8-16-29/h9-14,17,24H,6-8,15-16,18H2,1-5H3,(H,26,30). The quantitative estimate of drug-likeness (QED) is 0.585. The average Bonchev–Trinajstić information content (AvgIpc) is 2.84. The van der Waals surface area contributed by atoms with Crippen molar-refractivity contribution < 1.29 is 17.9 Å². The van der Waals surface area contributed by atoms with Crippen LogP contribution in [0.4, 0.5) is 5.69 Å². The number of benzene rings is 2. The van der Waals surface area contributed by atoms with Gasteiger partial charge < -0.3 is 19.9 Å². The second kappa shape index (κ2) is 11.2. The van der Waals surface area contributed by atoms with Gasteiger partial charge in [-0.3, -0.25) is 4.79 Å². The number of nitrogens with zero attached hydrogens (tertiary/aromatic N) is 3. The number of carbonyl (C=O) groups is 1. The summed E-state index contributed by atoms with van der Waals surface area (Å²) < 4.78 is 31.9. The molecule has 2 aromatic rings. The molecule has 0 spiro atoms. The Bertz CT molecular complexity index is 1080. The zero-order valence-corrected chi connectivity index (χ0v) is 21.6. The largest absolute Gasteiger partial charge is 0.497 e. The number of carbonyl (C=O) groups excluding carboxylic acids is 1. The summed E-state index contributed by atoms with van der Waals surface area (Å²) in [6, 6.07) is 12.6. The summed E-state index contributed by atoms with van der Waals surface area (Å²) in [6.45, 7) is 2.08. The maximum absolute atomic E-state index is 13.4. The summed E-state index contributed by atoms with van der Waals surface area (Å²) in [6.07, 6.45) is 3.27. The zero-order valence-electron chi connectivity index (χ0n) is 20.7. The van der Waals surface area contributed by atoms with Crippen LogP contribution in [-0.4, -0.2) is 78.5 Å². The molecular weight excluding hydrogens is 452 g/mol. The molecular formula is C25H36N4O4S. The SMILES string of the molecule is COc1ccc(C(CNC(=O)c2cc(S(=O)(=O)N(C)C)ccc2N2CCCCC2)N(C)C)cc1. The van der Waals surface area contributed by atoms with Gasteiger partial charge in [-0.25, -0.2) is 12.7 Å². The van der Waals surface area contributed by atoms with Crippen LogP contribution in [-0.2, 0) is 10.0 Å². The van der Waals surface area contributed by atoms with Crippen LogP contribution in [0.5, 0.6) is 5.75 Å². The molecule has 1 fully saturated rings. The van der Waals surface area contributed by atoms with Crippen molar-refractivity contribution in [1.29, 1.82) is 0 Å². The van der Waals surface area contributed by atoms with Crippen LogP contribution in [0.2, 0.25) is 0 Å². The first-order valence-electron chi connectivity index (χ1n) is 11.5. The maximum atomic E-state index is 13.4. The normalized spacial score (nSPS) is 15.4. The number of piperidine rings is 1. The summed E-state index contributed by atoms with van der Waals surface area (Å²) in [5.74, 6) is 0.493. The number of likely N-dealkylation sites (N-methyl/N-ethyl adjacent to an activating group) is 1. The Morgan fingerprint density at radius 1 is 1.03 bits per heavy atom. The molecule has 1 N–H and O–H groups in total. The van der Waals surface area contributed by atoms with E-state index in [1.807, 2.05) is 43.3 Å². The molecule has 0 aromatic heterocycles. The van der Waals surface area contributed by atoms with E-state index in [2.05, 4.69) is 10.2 Å². The number of methoxy groups -OCH3 is 1. The second-order valence-electron chi connectivity index (χ2n) is 8.98. The van der Waals surface area contributed by atoms with Gasteiger partial charge in [0.05, 0.1) is 23.6 Å². The molecule has 8 nitrogen and oxygen atoms in total. The Balaban J connectivity index is 1.89. The molecule has 3 rings (SSSR count). The van der Waals surface area contributed by atoms with Crippen LogP contribution >= 0.6 is 0 Å². The minimum atomic E-state index is -3.66. The number of ether oxygens (including phenoxy) is 1. The van der Waals surface area contributed by atoms with Gasteiger partial charge in [-0.1, -0.05) is 12.1 Å². The molecule has 186 valence electrons. The monoisotopic (exact) mass is 488 g/mol. The lowest BCUT2D eigenvalue weighted by molar-refractivity contribution is 0.0942. The lowest BCUT2D eigenvalue weighted by Gasteiger charge is -2.31. The van der Waals surface area contributed by atoms with Gasteiger partial charge in [-0.05, 0) is 69.3 Å². The minimum Gasteiger partial charge on any atom is -0.497 e. The van der Waals surface area contributed by atoms with Crippen molar-refractivity contribution in [3.8, 4) is 5.75 Å². The number of nitrogens with one attached hydrogen (secondary N) is 1. The van der Waals surface area contributed by atoms with Crippen molar-refractivity contribution in [2.45, 2.75) is 30.2 Å². The molecule has 1 saturated heterocycles. The highest BCUT2D eigenvalue weighted by Gasteiger charge is 2.25. The van der Waals surface area contributed by atoms with E-state index in [1.54, 1.807) is 19.2 Å². The van der Waals surface area contributed by atoms with Gasteiger partial charge in [0.1, 0.15) is 5.75 Å². The van der Waals surface area contributed by atoms with Crippen LogP contribution < -0.4 is 15.0 Å². The van der Waals surface area contributed by atoms with Gasteiger partial charge in [0.15, 0.2) is 0 Å². The summed E-state index contributed by atoms with van der Waals surface area (Å²) in [5.41, 5.74) is 2.21. The fourth-order valence-electron chi connectivity index (χ4n) is 4.19. The molecule has 9 heteroatoms. The molecule has 0 aliphatic carbocycles. The summed E-state index contributed by atoms with van der Waals surface area (Å²) >= 11 is 0. The van der Waals surface area contributed by atoms with Crippen LogP contribution in [0.25, 0.3) is 0 Å². The Labute approximate surface area is 203 Å². The number of rotatable bonds is 9. The Morgan fingerprint density at radius 3 is 2.24 bits per heavy atom. The van der Waals surface area contributed by atoms with Crippen molar-refractivity contribution in [2.24, 2.45) is 0 Å². The van der Waals surface area contributed by atoms with Gasteiger partial charge >= 0.3 is 0 Å². The van der Waals surface area contributed by atoms with E-state index < -0.39 is 10.0 Å². The molecule has 1 heterocycles. The predicted molar refractivity (Wildman–Crippen MR) is 135 cm³/mol. The molecule has 1 atom stereocenters. The Kier molecular flexibility index (Phi) is 8.57. The van der Waals surface area contributed by atoms with Crippen molar-refractivity contribution in [3.63, 3.8) is 0 Å². The van der Waals surface area contributed by atoms with Crippen molar-refractivity contribution in [2.75, 3.05) is 59.8 Å². The molecule has 1 unspecified atom stereocenters. The molecule has 1 aliphatic rings. The highest BCUT2D eigenvalue weighted by atomic mass is 32.2. The molecule has 0 bridgehead atoms. The fourth-order valence-corrected chi connectivity index (χ4v) is 5.12. The molecule has 1 amide bonds. The third kappa shape index (κ3) is 5.89. The minimum absolute atomic E-state index is 0.0537. The first-order chi connectivity index (χ1) is 16.1. The van der Waals surface area contributed by atoms with Gasteiger partial charge in [0.25, 0.3) is 5.91 Å². The van der Waals surface area contributed by atoms with Crippen LogP contribution in [0.3, 0.4) is 0 Å². The van der Waals surface area contributed by atoms with Crippen molar-refractivity contribution in [1.82, 2.24) is 14.5 Å². The van der Waals surface area contributed by atoms with E-state index in [0.717, 1.165) is 53.7 Å². The molecule has 0 saturated carbocycles. The van der Waals surface area contributed by atoms with Crippen molar-refractivity contribution in [3.05, 3.63) is 53.6 Å². The Hall–Kier alpha value is -2.62. The second-order valence-corrected chi connectivity index (χ2v) is 11.1. The number of amides is 1. The average molecular weight is 489 g/mol. The zero-order chi connectivity index (χ0) is 24.9. The van der Waals surface area contributed by atoms with E-state index in [4.69, 9.17) is 4.74 Å². The third-order valence-electron chi connectivity index (χ3n) is 6.27. The lowest BCUT2D eigenvalue weighted by Crippen LogP contribution is -2.36. The molecule has 0 radical (unpaired) electrons. The van der Waals surface area contributed by atoms with E-state index in [0.29, 0.717) is 12.1 Å². The van der Waals surface area contributed by atoms with E-state index >= 15 is 0 Å². The van der Waals surface area contributed by atoms with Gasteiger partial charge in [0.2, 0.25) is 10.0 Å².